The van der Waals surface area contributed by atoms with Gasteiger partial charge in [-0.05, 0) is 0 Å². The minimum absolute atomic E-state index is 0. The summed E-state index contributed by atoms with van der Waals surface area (Å²) in [6.07, 6.45) is 11.4. The maximum absolute atomic E-state index is 3.02. The molecule has 0 heterocycles. The van der Waals surface area contributed by atoms with Gasteiger partial charge in [0.2, 0.25) is 0 Å². The van der Waals surface area contributed by atoms with Gasteiger partial charge in [0.15, 0.2) is 0 Å². The van der Waals surface area contributed by atoms with E-state index in [1.54, 1.807) is 0 Å². The summed E-state index contributed by atoms with van der Waals surface area (Å²) in [4.78, 5) is 0. The Labute approximate surface area is 377 Å². The second kappa shape index (κ2) is 17.9. The molecule has 0 nitrogen and oxygen atoms in total. The van der Waals surface area contributed by atoms with Crippen LogP contribution in [-0.2, 0) is 52.9 Å². The molecule has 5 heteroatoms. The fraction of sp³-hybridized carbons (Fsp3) is 0.569. The van der Waals surface area contributed by atoms with E-state index in [-0.39, 0.29) is 73.1 Å². The van der Waals surface area contributed by atoms with Crippen molar-refractivity contribution in [1.29, 1.82) is 0 Å². The number of benzene rings is 3. The summed E-state index contributed by atoms with van der Waals surface area (Å²) in [7, 11) is -3.02. The summed E-state index contributed by atoms with van der Waals surface area (Å²) in [6.45, 7) is 45.5. The van der Waals surface area contributed by atoms with Gasteiger partial charge in [-0.1, -0.05) is 0 Å². The molecule has 0 aromatic heterocycles. The van der Waals surface area contributed by atoms with Gasteiger partial charge >= 0.3 is 342 Å². The number of halogens is 3. The minimum atomic E-state index is -3.02. The van der Waals surface area contributed by atoms with Crippen molar-refractivity contribution in [2.75, 3.05) is 0 Å². The molecule has 3 aromatic rings. The van der Waals surface area contributed by atoms with E-state index in [9.17, 15) is 0 Å². The fourth-order valence-electron chi connectivity index (χ4n) is 7.74. The normalized spacial score (nSPS) is 16.8. The molecule has 0 fully saturated rings. The van der Waals surface area contributed by atoms with Gasteiger partial charge in [0.25, 0.3) is 0 Å². The Kier molecular flexibility index (Phi) is 16.9. The van der Waals surface area contributed by atoms with Crippen LogP contribution >= 0.6 is 0 Å². The largest absolute Gasteiger partial charge is 1.00 e. The molecular weight excluding hydrogens is 795 g/mol. The van der Waals surface area contributed by atoms with Crippen LogP contribution in [0.1, 0.15) is 184 Å². The molecule has 1 atom stereocenters. The van der Waals surface area contributed by atoms with E-state index in [1.165, 1.54) is 67.4 Å². The van der Waals surface area contributed by atoms with Crippen LogP contribution in [-0.4, -0.2) is 8.07 Å². The average molecular weight is 870 g/mol. The molecule has 1 aliphatic rings. The number of unbranched alkanes of at least 4 members (excludes halogenated alkanes) is 1. The molecule has 1 unspecified atom stereocenters. The van der Waals surface area contributed by atoms with Gasteiger partial charge in [0.1, 0.15) is 0 Å². The fourth-order valence-corrected chi connectivity index (χ4v) is 15.6. The van der Waals surface area contributed by atoms with Crippen molar-refractivity contribution in [1.82, 2.24) is 0 Å². The Morgan fingerprint density at radius 1 is 0.446 bits per heavy atom. The van der Waals surface area contributed by atoms with E-state index in [2.05, 4.69) is 225 Å². The van der Waals surface area contributed by atoms with E-state index in [4.69, 9.17) is 0 Å². The molecule has 56 heavy (non-hydrogen) atoms. The molecule has 1 aliphatic carbocycles. The second-order valence-electron chi connectivity index (χ2n) is 22.7. The molecular formula is C51H75Cl3SiTi. The maximum atomic E-state index is 2.73. The van der Waals surface area contributed by atoms with Gasteiger partial charge in [-0.3, -0.25) is 0 Å². The quantitative estimate of drug-likeness (QED) is 0.250. The molecule has 0 saturated heterocycles. The Hall–Kier alpha value is -1.06. The first-order chi connectivity index (χ1) is 23.8. The Morgan fingerprint density at radius 3 is 0.911 bits per heavy atom. The first kappa shape index (κ1) is 53.0. The zero-order chi connectivity index (χ0) is 40.4. The van der Waals surface area contributed by atoms with Crippen LogP contribution in [0, 0.1) is 0 Å². The first-order valence-electron chi connectivity index (χ1n) is 20.5. The summed E-state index contributed by atoms with van der Waals surface area (Å²) in [5.41, 5.74) is 10.1. The Morgan fingerprint density at radius 2 is 0.696 bits per heavy atom. The summed E-state index contributed by atoms with van der Waals surface area (Å²) < 4.78 is -0.209. The van der Waals surface area contributed by atoms with Crippen LogP contribution in [0.15, 0.2) is 78.4 Å². The summed E-state index contributed by atoms with van der Waals surface area (Å²) >= 11 is 2.61. The van der Waals surface area contributed by atoms with Crippen LogP contribution in [0.2, 0.25) is 3.34 Å². The summed E-state index contributed by atoms with van der Waals surface area (Å²) in [6, 6.07) is 23.6. The second-order valence-corrected chi connectivity index (χ2v) is 28.8. The Balaban J connectivity index is 0.00000523. The van der Waals surface area contributed by atoms with Crippen molar-refractivity contribution in [3.63, 3.8) is 0 Å². The molecule has 3 aromatic carbocycles. The van der Waals surface area contributed by atoms with Gasteiger partial charge in [-0.25, -0.2) is 0 Å². The van der Waals surface area contributed by atoms with Crippen molar-refractivity contribution in [2.45, 2.75) is 187 Å². The van der Waals surface area contributed by atoms with Crippen molar-refractivity contribution < 1.29 is 57.7 Å². The first-order valence-corrected chi connectivity index (χ1v) is 23.3. The minimum Gasteiger partial charge on any atom is -1.00 e. The number of hydrogen-bond donors (Lipinski definition) is 0. The van der Waals surface area contributed by atoms with E-state index < -0.39 is 8.07 Å². The van der Waals surface area contributed by atoms with Gasteiger partial charge in [0.05, 0.1) is 0 Å². The van der Waals surface area contributed by atoms with Crippen molar-refractivity contribution in [3.8, 4) is 0 Å². The molecule has 308 valence electrons. The number of rotatable bonds is 7. The number of allylic oxidation sites excluding steroid dienone is 4. The van der Waals surface area contributed by atoms with E-state index in [1.807, 2.05) is 0 Å². The van der Waals surface area contributed by atoms with E-state index >= 15 is 0 Å². The summed E-state index contributed by atoms with van der Waals surface area (Å²) in [5, 5.41) is 4.60. The van der Waals surface area contributed by atoms with Crippen LogP contribution in [0.3, 0.4) is 0 Å². The van der Waals surface area contributed by atoms with E-state index in [0.717, 1.165) is 6.42 Å². The van der Waals surface area contributed by atoms with Gasteiger partial charge in [-0.15, -0.1) is 0 Å². The monoisotopic (exact) mass is 868 g/mol. The molecule has 4 rings (SSSR count). The van der Waals surface area contributed by atoms with Crippen molar-refractivity contribution >= 4 is 23.6 Å². The molecule has 0 saturated carbocycles. The summed E-state index contributed by atoms with van der Waals surface area (Å²) in [5.74, 6) is 0. The zero-order valence-corrected chi connectivity index (χ0v) is 43.5. The van der Waals surface area contributed by atoms with Crippen molar-refractivity contribution in [2.24, 2.45) is 0 Å². The predicted molar refractivity (Wildman–Crippen MR) is 236 cm³/mol. The zero-order valence-electron chi connectivity index (χ0n) is 38.7. The molecule has 0 amide bonds. The Bertz CT molecular complexity index is 1600. The predicted octanol–water partition coefficient (Wildman–Crippen LogP) is 3.88. The van der Waals surface area contributed by atoms with Gasteiger partial charge < -0.3 is 37.2 Å². The molecule has 0 N–H and O–H groups in total. The maximum Gasteiger partial charge on any atom is -1.00 e. The molecule has 0 aliphatic heterocycles. The smallest absolute Gasteiger partial charge is 1.00 e. The van der Waals surface area contributed by atoms with Crippen LogP contribution in [0.4, 0.5) is 0 Å². The topological polar surface area (TPSA) is 0 Å². The standard InChI is InChI=1S/C51H75Si.3ClH.Ti/c1-20-21-22-35-23-24-42(25-35)52(43-29-36(46(2,3)4)26-37(30-43)47(5,6)7,44-31-38(48(8,9)10)27-39(32-44)49(11,12)13)45-33-40(50(14,15)16)28-41(34-45)51(17,18)19;;;;/h23-34H,20-22H2,1-19H3;3*1H;/q;;;;+3/p-3. The third kappa shape index (κ3) is 11.2. The van der Waals surface area contributed by atoms with Gasteiger partial charge in [0, 0.05) is 0 Å². The molecule has 0 radical (unpaired) electrons. The van der Waals surface area contributed by atoms with E-state index in [0.29, 0.717) is 0 Å². The molecule has 0 bridgehead atoms. The average Bonchev–Trinajstić information content (AvgIpc) is 3.39. The van der Waals surface area contributed by atoms with Crippen LogP contribution in [0.5, 0.6) is 0 Å². The van der Waals surface area contributed by atoms with Crippen LogP contribution in [0.25, 0.3) is 0 Å². The third-order valence-electron chi connectivity index (χ3n) is 11.7. The van der Waals surface area contributed by atoms with Crippen LogP contribution < -0.4 is 52.8 Å². The SMILES string of the molecule is CCCCC1=C[C]([Ti+3])([Si](c2cc(C(C)(C)C)cc(C(C)(C)C)c2)(c2cc(C(C)(C)C)cc(C(C)(C)C)c2)c2cc(C(C)(C)C)cc(C(C)(C)C)c2)C=C1.[Cl-].[Cl-].[Cl-]. The van der Waals surface area contributed by atoms with Crippen molar-refractivity contribution in [3.05, 3.63) is 112 Å². The van der Waals surface area contributed by atoms with Gasteiger partial charge in [-0.2, -0.15) is 0 Å². The third-order valence-corrected chi connectivity index (χ3v) is 19.0. The molecule has 0 spiro atoms. The number of hydrogen-bond acceptors (Lipinski definition) is 0.